The first-order valence-electron chi connectivity index (χ1n) is 6.61. The van der Waals surface area contributed by atoms with Crippen molar-refractivity contribution in [1.29, 1.82) is 0 Å². The number of rotatable bonds is 5. The number of benzene rings is 1. The fourth-order valence-corrected chi connectivity index (χ4v) is 2.02. The molecule has 1 aromatic heterocycles. The third-order valence-electron chi connectivity index (χ3n) is 3.38. The Balaban J connectivity index is 2.18. The highest BCUT2D eigenvalue weighted by Crippen LogP contribution is 2.24. The van der Waals surface area contributed by atoms with E-state index in [1.54, 1.807) is 24.5 Å². The lowest BCUT2D eigenvalue weighted by molar-refractivity contribution is 0.582. The Bertz CT molecular complexity index is 556. The minimum Gasteiger partial charge on any atom is -0.337 e. The fourth-order valence-electron chi connectivity index (χ4n) is 2.02. The number of halogens is 1. The van der Waals surface area contributed by atoms with Crippen molar-refractivity contribution in [2.24, 2.45) is 5.73 Å². The number of nitrogens with two attached hydrogens (primary N) is 1. The van der Waals surface area contributed by atoms with Crippen LogP contribution in [0.15, 0.2) is 36.7 Å². The van der Waals surface area contributed by atoms with Crippen molar-refractivity contribution in [2.75, 3.05) is 18.5 Å². The van der Waals surface area contributed by atoms with E-state index in [-0.39, 0.29) is 11.9 Å². The van der Waals surface area contributed by atoms with Gasteiger partial charge in [0.15, 0.2) is 0 Å². The Labute approximate surface area is 118 Å². The van der Waals surface area contributed by atoms with Gasteiger partial charge in [-0.3, -0.25) is 0 Å². The Morgan fingerprint density at radius 2 is 1.90 bits per heavy atom. The highest BCUT2D eigenvalue weighted by atomic mass is 19.1. The maximum Gasteiger partial charge on any atom is 0.225 e. The first-order chi connectivity index (χ1) is 9.63. The molecule has 0 saturated heterocycles. The molecule has 0 aliphatic heterocycles. The summed E-state index contributed by atoms with van der Waals surface area (Å²) < 4.78 is 13.8. The zero-order valence-electron chi connectivity index (χ0n) is 11.8. The van der Waals surface area contributed by atoms with Gasteiger partial charge in [0, 0.05) is 25.0 Å². The summed E-state index contributed by atoms with van der Waals surface area (Å²) in [5, 5.41) is 0. The van der Waals surface area contributed by atoms with Crippen molar-refractivity contribution in [1.82, 2.24) is 9.97 Å². The maximum atomic E-state index is 13.8. The molecule has 0 spiro atoms. The minimum absolute atomic E-state index is 0.142. The average Bonchev–Trinajstić information content (AvgIpc) is 2.47. The molecule has 0 fully saturated rings. The van der Waals surface area contributed by atoms with Crippen molar-refractivity contribution in [3.8, 4) is 0 Å². The number of nitrogens with zero attached hydrogens (tertiary/aromatic N) is 3. The molecule has 0 radical (unpaired) electrons. The molecule has 0 saturated carbocycles. The van der Waals surface area contributed by atoms with Crippen LogP contribution < -0.4 is 10.6 Å². The molecule has 1 aromatic carbocycles. The lowest BCUT2D eigenvalue weighted by Gasteiger charge is -2.25. The van der Waals surface area contributed by atoms with Crippen LogP contribution in [0.2, 0.25) is 0 Å². The minimum atomic E-state index is -0.216. The van der Waals surface area contributed by atoms with Gasteiger partial charge < -0.3 is 10.6 Å². The summed E-state index contributed by atoms with van der Waals surface area (Å²) in [5.74, 6) is 0.355. The third kappa shape index (κ3) is 3.11. The van der Waals surface area contributed by atoms with E-state index < -0.39 is 0 Å². The van der Waals surface area contributed by atoms with E-state index in [4.69, 9.17) is 5.73 Å². The van der Waals surface area contributed by atoms with Crippen LogP contribution in [-0.4, -0.2) is 23.6 Å². The number of hydrogen-bond acceptors (Lipinski definition) is 4. The molecule has 5 heteroatoms. The molecule has 106 valence electrons. The predicted octanol–water partition coefficient (Wildman–Crippen LogP) is 2.31. The topological polar surface area (TPSA) is 55.0 Å². The van der Waals surface area contributed by atoms with Crippen LogP contribution in [0.25, 0.3) is 0 Å². The molecule has 1 unspecified atom stereocenters. The summed E-state index contributed by atoms with van der Waals surface area (Å²) >= 11 is 0. The monoisotopic (exact) mass is 274 g/mol. The molecule has 0 amide bonds. The standard InChI is InChI=1S/C15H19FN4/c1-11(13-5-3-4-6-14(13)16)20(2)15-18-9-12(7-8-17)10-19-15/h3-6,9-11H,7-8,17H2,1-2H3. The Kier molecular flexibility index (Phi) is 4.63. The van der Waals surface area contributed by atoms with Gasteiger partial charge in [-0.15, -0.1) is 0 Å². The second-order valence-electron chi connectivity index (χ2n) is 4.74. The van der Waals surface area contributed by atoms with Gasteiger partial charge in [0.2, 0.25) is 5.95 Å². The van der Waals surface area contributed by atoms with Crippen molar-refractivity contribution >= 4 is 5.95 Å². The maximum absolute atomic E-state index is 13.8. The molecule has 0 bridgehead atoms. The molecule has 0 aliphatic carbocycles. The Morgan fingerprint density at radius 1 is 1.25 bits per heavy atom. The van der Waals surface area contributed by atoms with Gasteiger partial charge in [0.05, 0.1) is 6.04 Å². The molecule has 1 heterocycles. The van der Waals surface area contributed by atoms with Gasteiger partial charge in [-0.1, -0.05) is 18.2 Å². The lowest BCUT2D eigenvalue weighted by Crippen LogP contribution is -2.24. The lowest BCUT2D eigenvalue weighted by atomic mass is 10.1. The summed E-state index contributed by atoms with van der Waals surface area (Å²) in [6.45, 7) is 2.50. The molecule has 2 aromatic rings. The number of aromatic nitrogens is 2. The average molecular weight is 274 g/mol. The van der Waals surface area contributed by atoms with Crippen molar-refractivity contribution in [3.63, 3.8) is 0 Å². The first kappa shape index (κ1) is 14.4. The molecule has 4 nitrogen and oxygen atoms in total. The van der Waals surface area contributed by atoms with E-state index in [0.717, 1.165) is 12.0 Å². The van der Waals surface area contributed by atoms with Gasteiger partial charge in [-0.2, -0.15) is 0 Å². The van der Waals surface area contributed by atoms with E-state index in [0.29, 0.717) is 18.1 Å². The third-order valence-corrected chi connectivity index (χ3v) is 3.38. The van der Waals surface area contributed by atoms with Crippen molar-refractivity contribution in [3.05, 3.63) is 53.6 Å². The second-order valence-corrected chi connectivity index (χ2v) is 4.74. The number of anilines is 1. The van der Waals surface area contributed by atoms with Crippen molar-refractivity contribution < 1.29 is 4.39 Å². The van der Waals surface area contributed by atoms with Gasteiger partial charge in [-0.05, 0) is 31.5 Å². The summed E-state index contributed by atoms with van der Waals surface area (Å²) in [6.07, 6.45) is 4.28. The van der Waals surface area contributed by atoms with Gasteiger partial charge in [0.1, 0.15) is 5.82 Å². The second kappa shape index (κ2) is 6.43. The first-order valence-corrected chi connectivity index (χ1v) is 6.61. The SMILES string of the molecule is CC(c1ccccc1F)N(C)c1ncc(CCN)cn1. The van der Waals surface area contributed by atoms with Crippen LogP contribution in [0.4, 0.5) is 10.3 Å². The summed E-state index contributed by atoms with van der Waals surface area (Å²) in [4.78, 5) is 10.5. The van der Waals surface area contributed by atoms with E-state index in [1.165, 1.54) is 6.07 Å². The molecular weight excluding hydrogens is 255 g/mol. The van der Waals surface area contributed by atoms with E-state index in [2.05, 4.69) is 9.97 Å². The molecule has 2 rings (SSSR count). The van der Waals surface area contributed by atoms with E-state index in [9.17, 15) is 4.39 Å². The van der Waals surface area contributed by atoms with E-state index >= 15 is 0 Å². The number of hydrogen-bond donors (Lipinski definition) is 1. The van der Waals surface area contributed by atoms with Gasteiger partial charge >= 0.3 is 0 Å². The highest BCUT2D eigenvalue weighted by Gasteiger charge is 2.17. The molecular formula is C15H19FN4. The fraction of sp³-hybridized carbons (Fsp3) is 0.333. The molecule has 0 aliphatic rings. The van der Waals surface area contributed by atoms with Crippen LogP contribution in [0.1, 0.15) is 24.1 Å². The molecule has 1 atom stereocenters. The Hall–Kier alpha value is -2.01. The largest absolute Gasteiger partial charge is 0.337 e. The van der Waals surface area contributed by atoms with Gasteiger partial charge in [0.25, 0.3) is 0 Å². The van der Waals surface area contributed by atoms with Crippen LogP contribution >= 0.6 is 0 Å². The van der Waals surface area contributed by atoms with Crippen LogP contribution in [0, 0.1) is 5.82 Å². The molecule has 20 heavy (non-hydrogen) atoms. The smallest absolute Gasteiger partial charge is 0.225 e. The normalized spacial score (nSPS) is 12.2. The van der Waals surface area contributed by atoms with Gasteiger partial charge in [-0.25, -0.2) is 14.4 Å². The van der Waals surface area contributed by atoms with Crippen molar-refractivity contribution in [2.45, 2.75) is 19.4 Å². The van der Waals surface area contributed by atoms with E-state index in [1.807, 2.05) is 24.9 Å². The Morgan fingerprint density at radius 3 is 2.50 bits per heavy atom. The summed E-state index contributed by atoms with van der Waals surface area (Å²) in [7, 11) is 1.86. The predicted molar refractivity (Wildman–Crippen MR) is 78.0 cm³/mol. The molecule has 2 N–H and O–H groups in total. The zero-order chi connectivity index (χ0) is 14.5. The zero-order valence-corrected chi connectivity index (χ0v) is 11.8. The van der Waals surface area contributed by atoms with Crippen LogP contribution in [0.5, 0.6) is 0 Å². The van der Waals surface area contributed by atoms with Crippen LogP contribution in [-0.2, 0) is 6.42 Å². The highest BCUT2D eigenvalue weighted by molar-refractivity contribution is 5.35. The van der Waals surface area contributed by atoms with Crippen LogP contribution in [0.3, 0.4) is 0 Å². The summed E-state index contributed by atoms with van der Waals surface area (Å²) in [6, 6.07) is 6.61. The quantitative estimate of drug-likeness (QED) is 0.909. The summed E-state index contributed by atoms with van der Waals surface area (Å²) in [5.41, 5.74) is 7.12.